The highest BCUT2D eigenvalue weighted by Gasteiger charge is 2.44. The number of hydrogen-bond acceptors (Lipinski definition) is 10. The standard InChI is InChI=1S/C24H34O10/c1-14(8-10-25)4-3-5-15(2)23(31)33-13-19-20(28)21(29)22(30)24(34-19)32-11-9-16-6-7-17(26)18(27)12-16/h5-8,12,19-22,24-30H,3-4,9-11,13H2,1-2H3/b14-8+,15-5+/t19-,20-,21+,22-,24-/m1/s1. The normalized spacial score (nSPS) is 25.9. The minimum absolute atomic E-state index is 0.0358. The van der Waals surface area contributed by atoms with Crippen molar-refractivity contribution >= 4 is 5.97 Å². The highest BCUT2D eigenvalue weighted by molar-refractivity contribution is 5.87. The molecule has 2 rings (SSSR count). The van der Waals surface area contributed by atoms with Gasteiger partial charge in [-0.25, -0.2) is 4.79 Å². The van der Waals surface area contributed by atoms with Crippen molar-refractivity contribution in [3.63, 3.8) is 0 Å². The summed E-state index contributed by atoms with van der Waals surface area (Å²) < 4.78 is 16.2. The van der Waals surface area contributed by atoms with Crippen LogP contribution in [0, 0.1) is 0 Å². The average molecular weight is 483 g/mol. The number of aliphatic hydroxyl groups is 4. The van der Waals surface area contributed by atoms with Gasteiger partial charge in [-0.2, -0.15) is 0 Å². The van der Waals surface area contributed by atoms with Crippen LogP contribution < -0.4 is 0 Å². The van der Waals surface area contributed by atoms with Crippen molar-refractivity contribution < 1.29 is 49.6 Å². The zero-order valence-corrected chi connectivity index (χ0v) is 19.3. The molecule has 1 aliphatic rings. The van der Waals surface area contributed by atoms with E-state index in [1.165, 1.54) is 12.1 Å². The molecule has 5 atom stereocenters. The predicted molar refractivity (Wildman–Crippen MR) is 121 cm³/mol. The molecule has 0 aliphatic carbocycles. The quantitative estimate of drug-likeness (QED) is 0.114. The molecule has 0 spiro atoms. The van der Waals surface area contributed by atoms with Crippen molar-refractivity contribution in [3.05, 3.63) is 47.1 Å². The zero-order chi connectivity index (χ0) is 25.3. The van der Waals surface area contributed by atoms with Gasteiger partial charge in [0.2, 0.25) is 0 Å². The number of carbonyl (C=O) groups is 1. The van der Waals surface area contributed by atoms with E-state index in [2.05, 4.69) is 0 Å². The summed E-state index contributed by atoms with van der Waals surface area (Å²) in [5, 5.41) is 58.3. The summed E-state index contributed by atoms with van der Waals surface area (Å²) in [4.78, 5) is 12.2. The molecule has 0 bridgehead atoms. The lowest BCUT2D eigenvalue weighted by Crippen LogP contribution is -2.59. The lowest BCUT2D eigenvalue weighted by Gasteiger charge is -2.40. The molecule has 0 amide bonds. The molecule has 1 aromatic rings. The summed E-state index contributed by atoms with van der Waals surface area (Å²) >= 11 is 0. The molecule has 190 valence electrons. The van der Waals surface area contributed by atoms with Crippen LogP contribution in [0.15, 0.2) is 41.5 Å². The summed E-state index contributed by atoms with van der Waals surface area (Å²) in [7, 11) is 0. The minimum atomic E-state index is -1.57. The van der Waals surface area contributed by atoms with Crippen LogP contribution in [0.5, 0.6) is 11.5 Å². The molecule has 1 fully saturated rings. The topological polar surface area (TPSA) is 166 Å². The second kappa shape index (κ2) is 13.4. The van der Waals surface area contributed by atoms with Gasteiger partial charge in [0.05, 0.1) is 13.2 Å². The van der Waals surface area contributed by atoms with E-state index in [0.717, 1.165) is 5.57 Å². The molecule has 0 saturated carbocycles. The van der Waals surface area contributed by atoms with Crippen molar-refractivity contribution in [2.45, 2.75) is 63.8 Å². The maximum absolute atomic E-state index is 12.2. The summed E-state index contributed by atoms with van der Waals surface area (Å²) in [5.41, 5.74) is 2.03. The van der Waals surface area contributed by atoms with E-state index in [0.29, 0.717) is 30.4 Å². The van der Waals surface area contributed by atoms with E-state index in [9.17, 15) is 30.3 Å². The van der Waals surface area contributed by atoms with Crippen LogP contribution in [-0.4, -0.2) is 87.1 Å². The van der Waals surface area contributed by atoms with Gasteiger partial charge in [-0.3, -0.25) is 0 Å². The third kappa shape index (κ3) is 8.08. The smallest absolute Gasteiger partial charge is 0.333 e. The molecule has 1 aromatic carbocycles. The summed E-state index contributed by atoms with van der Waals surface area (Å²) in [6, 6.07) is 4.31. The molecule has 1 aliphatic heterocycles. The fraction of sp³-hybridized carbons (Fsp3) is 0.542. The molecule has 10 heteroatoms. The maximum atomic E-state index is 12.2. The average Bonchev–Trinajstić information content (AvgIpc) is 2.80. The first kappa shape index (κ1) is 27.8. The van der Waals surface area contributed by atoms with Gasteiger partial charge in [-0.1, -0.05) is 23.8 Å². The molecular weight excluding hydrogens is 448 g/mol. The Balaban J connectivity index is 1.86. The van der Waals surface area contributed by atoms with Crippen molar-refractivity contribution in [2.24, 2.45) is 0 Å². The van der Waals surface area contributed by atoms with Crippen LogP contribution in [0.2, 0.25) is 0 Å². The van der Waals surface area contributed by atoms with E-state index in [1.807, 2.05) is 6.92 Å². The SMILES string of the molecule is C/C(=C\CO)CC/C=C(\C)C(=O)OC[C@H]1O[C@@H](OCCc2ccc(O)c(O)c2)[C@H](O)[C@@H](O)[C@@H]1O. The molecule has 6 N–H and O–H groups in total. The van der Waals surface area contributed by atoms with Crippen LogP contribution >= 0.6 is 0 Å². The van der Waals surface area contributed by atoms with Crippen molar-refractivity contribution in [1.29, 1.82) is 0 Å². The van der Waals surface area contributed by atoms with Gasteiger partial charge in [0, 0.05) is 5.57 Å². The number of phenolic OH excluding ortho intramolecular Hbond substituents is 2. The van der Waals surface area contributed by atoms with Crippen LogP contribution in [0.25, 0.3) is 0 Å². The fourth-order valence-electron chi connectivity index (χ4n) is 3.34. The first-order valence-electron chi connectivity index (χ1n) is 11.1. The highest BCUT2D eigenvalue weighted by atomic mass is 16.7. The fourth-order valence-corrected chi connectivity index (χ4v) is 3.34. The number of benzene rings is 1. The van der Waals surface area contributed by atoms with Crippen LogP contribution in [0.3, 0.4) is 0 Å². The van der Waals surface area contributed by atoms with Gasteiger partial charge in [0.15, 0.2) is 17.8 Å². The van der Waals surface area contributed by atoms with Gasteiger partial charge in [-0.05, 0) is 50.8 Å². The number of allylic oxidation sites excluding steroid dienone is 2. The highest BCUT2D eigenvalue weighted by Crippen LogP contribution is 2.26. The molecule has 10 nitrogen and oxygen atoms in total. The van der Waals surface area contributed by atoms with Gasteiger partial charge < -0.3 is 44.8 Å². The lowest BCUT2D eigenvalue weighted by molar-refractivity contribution is -0.301. The van der Waals surface area contributed by atoms with Crippen molar-refractivity contribution in [2.75, 3.05) is 19.8 Å². The summed E-state index contributed by atoms with van der Waals surface area (Å²) in [6.07, 6.45) is -1.99. The Morgan fingerprint density at radius 2 is 1.79 bits per heavy atom. The number of ether oxygens (including phenoxy) is 3. The van der Waals surface area contributed by atoms with E-state index in [1.54, 1.807) is 25.1 Å². The number of hydrogen-bond donors (Lipinski definition) is 6. The third-order valence-corrected chi connectivity index (χ3v) is 5.51. The Hall–Kier alpha value is -2.47. The van der Waals surface area contributed by atoms with Gasteiger partial charge in [0.1, 0.15) is 31.0 Å². The largest absolute Gasteiger partial charge is 0.504 e. The van der Waals surface area contributed by atoms with E-state index in [4.69, 9.17) is 19.3 Å². The van der Waals surface area contributed by atoms with E-state index in [-0.39, 0.29) is 31.3 Å². The first-order chi connectivity index (χ1) is 16.1. The second-order valence-electron chi connectivity index (χ2n) is 8.22. The molecular formula is C24H34O10. The number of aromatic hydroxyl groups is 2. The van der Waals surface area contributed by atoms with Crippen molar-refractivity contribution in [3.8, 4) is 11.5 Å². The van der Waals surface area contributed by atoms with Crippen LogP contribution in [0.1, 0.15) is 32.3 Å². The van der Waals surface area contributed by atoms with Crippen LogP contribution in [0.4, 0.5) is 0 Å². The van der Waals surface area contributed by atoms with E-state index >= 15 is 0 Å². The maximum Gasteiger partial charge on any atom is 0.333 e. The number of phenols is 2. The Morgan fingerprint density at radius 1 is 1.06 bits per heavy atom. The molecule has 0 aromatic heterocycles. The van der Waals surface area contributed by atoms with E-state index < -0.39 is 36.7 Å². The minimum Gasteiger partial charge on any atom is -0.504 e. The Labute approximate surface area is 198 Å². The van der Waals surface area contributed by atoms with Crippen LogP contribution in [-0.2, 0) is 25.4 Å². The summed E-state index contributed by atoms with van der Waals surface area (Å²) in [6.45, 7) is 3.13. The predicted octanol–water partition coefficient (Wildman–Crippen LogP) is 0.673. The molecule has 0 unspecified atom stereocenters. The second-order valence-corrected chi connectivity index (χ2v) is 8.22. The molecule has 34 heavy (non-hydrogen) atoms. The number of aliphatic hydroxyl groups excluding tert-OH is 4. The van der Waals surface area contributed by atoms with Gasteiger partial charge in [-0.15, -0.1) is 0 Å². The monoisotopic (exact) mass is 482 g/mol. The number of esters is 1. The molecule has 0 radical (unpaired) electrons. The number of rotatable bonds is 11. The first-order valence-corrected chi connectivity index (χ1v) is 11.1. The van der Waals surface area contributed by atoms with Gasteiger partial charge >= 0.3 is 5.97 Å². The van der Waals surface area contributed by atoms with Gasteiger partial charge in [0.25, 0.3) is 0 Å². The zero-order valence-electron chi connectivity index (χ0n) is 19.3. The summed E-state index contributed by atoms with van der Waals surface area (Å²) in [5.74, 6) is -1.12. The number of carbonyl (C=O) groups excluding carboxylic acids is 1. The Kier molecular flexibility index (Phi) is 11.0. The Morgan fingerprint density at radius 3 is 2.47 bits per heavy atom. The van der Waals surface area contributed by atoms with Crippen molar-refractivity contribution in [1.82, 2.24) is 0 Å². The Bertz CT molecular complexity index is 865. The molecule has 1 saturated heterocycles. The molecule has 1 heterocycles. The third-order valence-electron chi connectivity index (χ3n) is 5.51. The lowest BCUT2D eigenvalue weighted by atomic mass is 9.99.